The molecule has 1 aromatic heterocycles. The third-order valence-electron chi connectivity index (χ3n) is 6.28. The highest BCUT2D eigenvalue weighted by molar-refractivity contribution is 7.10. The predicted molar refractivity (Wildman–Crippen MR) is 126 cm³/mol. The Kier molecular flexibility index (Phi) is 7.60. The number of rotatable bonds is 7. The van der Waals surface area contributed by atoms with Crippen molar-refractivity contribution in [3.8, 4) is 0 Å². The van der Waals surface area contributed by atoms with Crippen molar-refractivity contribution < 1.29 is 14.3 Å². The Morgan fingerprint density at radius 1 is 1.12 bits per heavy atom. The van der Waals surface area contributed by atoms with Gasteiger partial charge in [-0.3, -0.25) is 14.5 Å². The van der Waals surface area contributed by atoms with Crippen LogP contribution in [0.2, 0.25) is 0 Å². The van der Waals surface area contributed by atoms with E-state index in [0.29, 0.717) is 39.1 Å². The van der Waals surface area contributed by atoms with Gasteiger partial charge >= 0.3 is 0 Å². The maximum atomic E-state index is 13.4. The second-order valence-electron chi connectivity index (χ2n) is 9.03. The van der Waals surface area contributed by atoms with Crippen molar-refractivity contribution in [1.29, 1.82) is 0 Å². The van der Waals surface area contributed by atoms with E-state index in [4.69, 9.17) is 4.74 Å². The minimum Gasteiger partial charge on any atom is -0.379 e. The predicted octanol–water partition coefficient (Wildman–Crippen LogP) is 3.24. The van der Waals surface area contributed by atoms with E-state index in [1.54, 1.807) is 16.2 Å². The van der Waals surface area contributed by atoms with Crippen LogP contribution in [0.4, 0.5) is 0 Å². The van der Waals surface area contributed by atoms with Crippen LogP contribution in [0, 0.1) is 5.92 Å². The number of hydrogen-bond acceptors (Lipinski definition) is 5. The lowest BCUT2D eigenvalue weighted by Gasteiger charge is -2.38. The highest BCUT2D eigenvalue weighted by atomic mass is 32.1. The fourth-order valence-electron chi connectivity index (χ4n) is 4.58. The van der Waals surface area contributed by atoms with Crippen LogP contribution < -0.4 is 5.32 Å². The maximum absolute atomic E-state index is 13.4. The normalized spacial score (nSPS) is 20.1. The van der Waals surface area contributed by atoms with Gasteiger partial charge in [0, 0.05) is 43.9 Å². The van der Waals surface area contributed by atoms with Gasteiger partial charge in [0.2, 0.25) is 11.8 Å². The molecule has 2 amide bonds. The monoisotopic (exact) mass is 455 g/mol. The average molecular weight is 456 g/mol. The molecule has 6 nitrogen and oxygen atoms in total. The summed E-state index contributed by atoms with van der Waals surface area (Å²) >= 11 is 1.72. The van der Waals surface area contributed by atoms with E-state index in [0.717, 1.165) is 24.2 Å². The SMILES string of the molecule is CC(C)CC(=O)N1Cc2ccccc2CC1C(=O)NCC(c1cccs1)N1CCOCC1. The first kappa shape index (κ1) is 23.0. The number of fused-ring (bicyclic) bond motifs is 1. The Morgan fingerprint density at radius 3 is 2.56 bits per heavy atom. The molecule has 7 heteroatoms. The van der Waals surface area contributed by atoms with Gasteiger partial charge < -0.3 is 15.0 Å². The topological polar surface area (TPSA) is 61.9 Å². The third kappa shape index (κ3) is 5.39. The summed E-state index contributed by atoms with van der Waals surface area (Å²) in [6.07, 6.45) is 1.02. The van der Waals surface area contributed by atoms with E-state index in [9.17, 15) is 9.59 Å². The zero-order valence-electron chi connectivity index (χ0n) is 19.0. The number of thiophene rings is 1. The summed E-state index contributed by atoms with van der Waals surface area (Å²) in [4.78, 5) is 31.9. The van der Waals surface area contributed by atoms with Crippen LogP contribution in [-0.2, 0) is 27.3 Å². The van der Waals surface area contributed by atoms with Gasteiger partial charge in [0.15, 0.2) is 0 Å². The summed E-state index contributed by atoms with van der Waals surface area (Å²) in [7, 11) is 0. The number of ether oxygens (including phenoxy) is 1. The molecule has 0 bridgehead atoms. The van der Waals surface area contributed by atoms with Crippen molar-refractivity contribution in [2.45, 2.75) is 45.3 Å². The maximum Gasteiger partial charge on any atom is 0.243 e. The van der Waals surface area contributed by atoms with Crippen LogP contribution in [0.3, 0.4) is 0 Å². The van der Waals surface area contributed by atoms with E-state index < -0.39 is 6.04 Å². The third-order valence-corrected chi connectivity index (χ3v) is 7.26. The van der Waals surface area contributed by atoms with E-state index in [-0.39, 0.29) is 23.8 Å². The van der Waals surface area contributed by atoms with Gasteiger partial charge in [-0.1, -0.05) is 44.2 Å². The van der Waals surface area contributed by atoms with E-state index in [2.05, 4.69) is 39.9 Å². The number of nitrogens with zero attached hydrogens (tertiary/aromatic N) is 2. The van der Waals surface area contributed by atoms with Crippen molar-refractivity contribution >= 4 is 23.2 Å². The number of benzene rings is 1. The first-order valence-electron chi connectivity index (χ1n) is 11.5. The van der Waals surface area contributed by atoms with Crippen molar-refractivity contribution in [2.24, 2.45) is 5.92 Å². The molecule has 2 aliphatic heterocycles. The lowest BCUT2D eigenvalue weighted by molar-refractivity contribution is -0.142. The average Bonchev–Trinajstić information content (AvgIpc) is 3.33. The Morgan fingerprint density at radius 2 is 1.88 bits per heavy atom. The van der Waals surface area contributed by atoms with E-state index in [1.165, 1.54) is 4.88 Å². The Bertz CT molecular complexity index is 909. The highest BCUT2D eigenvalue weighted by Gasteiger charge is 2.35. The molecular weight excluding hydrogens is 422 g/mol. The molecule has 2 aliphatic rings. The van der Waals surface area contributed by atoms with Gasteiger partial charge in [0.05, 0.1) is 19.3 Å². The molecule has 1 N–H and O–H groups in total. The van der Waals surface area contributed by atoms with Gasteiger partial charge in [-0.15, -0.1) is 11.3 Å². The molecule has 172 valence electrons. The van der Waals surface area contributed by atoms with Crippen LogP contribution in [0.1, 0.15) is 42.3 Å². The van der Waals surface area contributed by atoms with E-state index in [1.807, 2.05) is 26.0 Å². The highest BCUT2D eigenvalue weighted by Crippen LogP contribution is 2.27. The molecule has 32 heavy (non-hydrogen) atoms. The van der Waals surface area contributed by atoms with E-state index >= 15 is 0 Å². The standard InChI is InChI=1S/C25H33N3O3S/c1-18(2)14-24(29)28-17-20-7-4-3-6-19(20)15-21(28)25(30)26-16-22(23-8-5-13-32-23)27-9-11-31-12-10-27/h3-8,13,18,21-22H,9-12,14-17H2,1-2H3,(H,26,30). The first-order chi connectivity index (χ1) is 15.5. The Balaban J connectivity index is 1.49. The first-order valence-corrected chi connectivity index (χ1v) is 12.4. The van der Waals surface area contributed by atoms with Crippen LogP contribution in [0.25, 0.3) is 0 Å². The Hall–Kier alpha value is -2.22. The number of morpholine rings is 1. The van der Waals surface area contributed by atoms with Crippen molar-refractivity contribution in [3.05, 3.63) is 57.8 Å². The van der Waals surface area contributed by atoms with Crippen LogP contribution in [0.5, 0.6) is 0 Å². The van der Waals surface area contributed by atoms with Gasteiger partial charge in [0.1, 0.15) is 6.04 Å². The molecule has 0 spiro atoms. The molecule has 1 aromatic carbocycles. The van der Waals surface area contributed by atoms with Gasteiger partial charge in [-0.05, 0) is 28.5 Å². The molecule has 4 rings (SSSR count). The molecular formula is C25H33N3O3S. The number of nitrogens with one attached hydrogen (secondary N) is 1. The lowest BCUT2D eigenvalue weighted by atomic mass is 9.92. The van der Waals surface area contributed by atoms with Crippen LogP contribution in [0.15, 0.2) is 41.8 Å². The Labute approximate surface area is 194 Å². The molecule has 2 aromatic rings. The summed E-state index contributed by atoms with van der Waals surface area (Å²) < 4.78 is 5.52. The van der Waals surface area contributed by atoms with Crippen LogP contribution >= 0.6 is 11.3 Å². The fourth-order valence-corrected chi connectivity index (χ4v) is 5.44. The zero-order valence-corrected chi connectivity index (χ0v) is 19.8. The quantitative estimate of drug-likeness (QED) is 0.696. The number of hydrogen-bond donors (Lipinski definition) is 1. The summed E-state index contributed by atoms with van der Waals surface area (Å²) in [5, 5.41) is 5.28. The van der Waals surface area contributed by atoms with Gasteiger partial charge in [0.25, 0.3) is 0 Å². The van der Waals surface area contributed by atoms with Crippen molar-refractivity contribution in [3.63, 3.8) is 0 Å². The minimum atomic E-state index is -0.468. The van der Waals surface area contributed by atoms with Gasteiger partial charge in [-0.25, -0.2) is 0 Å². The number of carbonyl (C=O) groups is 2. The number of amides is 2. The minimum absolute atomic E-state index is 0.0534. The van der Waals surface area contributed by atoms with Crippen molar-refractivity contribution in [2.75, 3.05) is 32.8 Å². The molecule has 3 heterocycles. The molecule has 0 aliphatic carbocycles. The molecule has 2 unspecified atom stereocenters. The molecule has 0 saturated carbocycles. The lowest BCUT2D eigenvalue weighted by Crippen LogP contribution is -2.54. The second-order valence-corrected chi connectivity index (χ2v) is 10.0. The molecule has 1 saturated heterocycles. The summed E-state index contributed by atoms with van der Waals surface area (Å²) in [6, 6.07) is 12.0. The van der Waals surface area contributed by atoms with Gasteiger partial charge in [-0.2, -0.15) is 0 Å². The molecule has 1 fully saturated rings. The number of carbonyl (C=O) groups excluding carboxylic acids is 2. The largest absolute Gasteiger partial charge is 0.379 e. The fraction of sp³-hybridized carbons (Fsp3) is 0.520. The molecule has 0 radical (unpaired) electrons. The zero-order chi connectivity index (χ0) is 22.5. The summed E-state index contributed by atoms with van der Waals surface area (Å²) in [5.41, 5.74) is 2.29. The smallest absolute Gasteiger partial charge is 0.243 e. The van der Waals surface area contributed by atoms with Crippen LogP contribution in [-0.4, -0.2) is 60.5 Å². The molecule has 2 atom stereocenters. The summed E-state index contributed by atoms with van der Waals surface area (Å²) in [5.74, 6) is 0.247. The summed E-state index contributed by atoms with van der Waals surface area (Å²) in [6.45, 7) is 8.25. The van der Waals surface area contributed by atoms with Crippen molar-refractivity contribution in [1.82, 2.24) is 15.1 Å². The second kappa shape index (κ2) is 10.6.